The normalized spacial score (nSPS) is 9.68. The molecule has 2 aromatic carbocycles. The molecule has 4 nitrogen and oxygen atoms in total. The Morgan fingerprint density at radius 1 is 1.04 bits per heavy atom. The van der Waals surface area contributed by atoms with Crippen LogP contribution in [0.3, 0.4) is 0 Å². The Morgan fingerprint density at radius 3 is 2.04 bits per heavy atom. The molecule has 0 unspecified atom stereocenters. The first kappa shape index (κ1) is 20.9. The van der Waals surface area contributed by atoms with E-state index in [1.807, 2.05) is 70.3 Å². The number of carbonyl (C=O) groups excluding carboxylic acids is 1. The average Bonchev–Trinajstić information content (AvgIpc) is 2.60. The minimum absolute atomic E-state index is 0.000114. The molecule has 0 saturated heterocycles. The van der Waals surface area contributed by atoms with Crippen LogP contribution in [0.4, 0.5) is 0 Å². The Balaban J connectivity index is 0.00000151. The Hall–Kier alpha value is -2.14. The molecule has 2 aromatic rings. The molecule has 1 amide bonds. The highest BCUT2D eigenvalue weighted by Crippen LogP contribution is 2.30. The number of benzene rings is 2. The molecule has 0 aliphatic rings. The van der Waals surface area contributed by atoms with Gasteiger partial charge in [0, 0.05) is 6.26 Å². The zero-order valence-electron chi connectivity index (χ0n) is 15.8. The summed E-state index contributed by atoms with van der Waals surface area (Å²) in [6.07, 6.45) is 2.20. The molecule has 0 spiro atoms. The summed E-state index contributed by atoms with van der Waals surface area (Å²) in [6.45, 7) is 7.98. The summed E-state index contributed by atoms with van der Waals surface area (Å²) in [6, 6.07) is 11.5. The van der Waals surface area contributed by atoms with Gasteiger partial charge in [0.25, 0.3) is 0 Å². The minimum atomic E-state index is 0.000114. The number of aryl methyl sites for hydroxylation is 2. The fourth-order valence-electron chi connectivity index (χ4n) is 2.40. The summed E-state index contributed by atoms with van der Waals surface area (Å²) in [7, 11) is 1.64. The van der Waals surface area contributed by atoms with Crippen molar-refractivity contribution < 1.29 is 14.3 Å². The van der Waals surface area contributed by atoms with E-state index in [2.05, 4.69) is 4.72 Å². The number of hydrogen-bond donors (Lipinski definition) is 1. The van der Waals surface area contributed by atoms with Crippen molar-refractivity contribution in [3.63, 3.8) is 0 Å². The van der Waals surface area contributed by atoms with Gasteiger partial charge in [-0.3, -0.25) is 4.79 Å². The standard InChI is InChI=1S/C18H21NO3S.C2H6/c1-12-9-14(11-17(20)19-23-4)10-13(2)18(12)22-16-7-5-15(21-3)6-8-16;1-2/h5-10H,11H2,1-4H3,(H,19,20);1-2H3. The van der Waals surface area contributed by atoms with Gasteiger partial charge in [0.15, 0.2) is 0 Å². The fraction of sp³-hybridized carbons (Fsp3) is 0.350. The SMILES string of the molecule is CC.COc1ccc(Oc2c(C)cc(CC(=O)NSC)cc2C)cc1. The van der Waals surface area contributed by atoms with Gasteiger partial charge >= 0.3 is 0 Å². The summed E-state index contributed by atoms with van der Waals surface area (Å²) in [5, 5.41) is 0. The topological polar surface area (TPSA) is 47.6 Å². The lowest BCUT2D eigenvalue weighted by Gasteiger charge is -2.14. The molecule has 0 aliphatic carbocycles. The monoisotopic (exact) mass is 361 g/mol. The first-order chi connectivity index (χ1) is 12.0. The molecule has 0 atom stereocenters. The number of hydrogen-bond acceptors (Lipinski definition) is 4. The fourth-order valence-corrected chi connectivity index (χ4v) is 2.70. The predicted octanol–water partition coefficient (Wildman–Crippen LogP) is 5.07. The lowest BCUT2D eigenvalue weighted by atomic mass is 10.0. The Labute approximate surface area is 155 Å². The van der Waals surface area contributed by atoms with Gasteiger partial charge in [-0.25, -0.2) is 0 Å². The summed E-state index contributed by atoms with van der Waals surface area (Å²) < 4.78 is 13.9. The van der Waals surface area contributed by atoms with E-state index in [9.17, 15) is 4.79 Å². The number of ether oxygens (including phenoxy) is 2. The van der Waals surface area contributed by atoms with Gasteiger partial charge in [0.2, 0.25) is 5.91 Å². The van der Waals surface area contributed by atoms with Crippen molar-refractivity contribution in [3.8, 4) is 17.2 Å². The minimum Gasteiger partial charge on any atom is -0.497 e. The van der Waals surface area contributed by atoms with Crippen LogP contribution in [0.1, 0.15) is 30.5 Å². The number of amides is 1. The van der Waals surface area contributed by atoms with Gasteiger partial charge in [-0.05, 0) is 54.8 Å². The van der Waals surface area contributed by atoms with E-state index in [4.69, 9.17) is 9.47 Å². The van der Waals surface area contributed by atoms with E-state index in [0.717, 1.165) is 33.9 Å². The smallest absolute Gasteiger partial charge is 0.234 e. The van der Waals surface area contributed by atoms with Crippen LogP contribution >= 0.6 is 11.9 Å². The third-order valence-electron chi connectivity index (χ3n) is 3.38. The highest BCUT2D eigenvalue weighted by molar-refractivity contribution is 7.97. The summed E-state index contributed by atoms with van der Waals surface area (Å²) >= 11 is 1.31. The second-order valence-corrected chi connectivity index (χ2v) is 5.85. The van der Waals surface area contributed by atoms with Crippen LogP contribution in [-0.4, -0.2) is 19.3 Å². The molecular formula is C20H27NO3S. The van der Waals surface area contributed by atoms with Gasteiger partial charge in [-0.2, -0.15) is 0 Å². The van der Waals surface area contributed by atoms with Crippen LogP contribution in [0.15, 0.2) is 36.4 Å². The van der Waals surface area contributed by atoms with Crippen molar-refractivity contribution >= 4 is 17.9 Å². The molecule has 136 valence electrons. The highest BCUT2D eigenvalue weighted by atomic mass is 32.2. The lowest BCUT2D eigenvalue weighted by molar-refractivity contribution is -0.118. The number of carbonyl (C=O) groups is 1. The van der Waals surface area contributed by atoms with E-state index in [-0.39, 0.29) is 5.91 Å². The van der Waals surface area contributed by atoms with Crippen molar-refractivity contribution in [2.45, 2.75) is 34.1 Å². The third-order valence-corrected chi connectivity index (χ3v) is 3.81. The van der Waals surface area contributed by atoms with E-state index in [1.54, 1.807) is 7.11 Å². The number of nitrogens with one attached hydrogen (secondary N) is 1. The quantitative estimate of drug-likeness (QED) is 0.730. The van der Waals surface area contributed by atoms with Crippen molar-refractivity contribution in [1.82, 2.24) is 4.72 Å². The van der Waals surface area contributed by atoms with Crippen LogP contribution in [0, 0.1) is 13.8 Å². The van der Waals surface area contributed by atoms with Crippen LogP contribution in [0.5, 0.6) is 17.2 Å². The van der Waals surface area contributed by atoms with E-state index < -0.39 is 0 Å². The Kier molecular flexibility index (Phi) is 8.92. The Bertz CT molecular complexity index is 661. The second kappa shape index (κ2) is 10.7. The second-order valence-electron chi connectivity index (χ2n) is 5.24. The first-order valence-electron chi connectivity index (χ1n) is 8.27. The molecule has 2 rings (SSSR count). The third kappa shape index (κ3) is 6.35. The summed E-state index contributed by atoms with van der Waals surface area (Å²) in [4.78, 5) is 11.7. The van der Waals surface area contributed by atoms with Crippen LogP contribution in [-0.2, 0) is 11.2 Å². The molecule has 1 N–H and O–H groups in total. The molecule has 0 fully saturated rings. The maximum absolute atomic E-state index is 11.7. The van der Waals surface area contributed by atoms with Crippen LogP contribution in [0.25, 0.3) is 0 Å². The van der Waals surface area contributed by atoms with Gasteiger partial charge < -0.3 is 14.2 Å². The molecule has 0 saturated carbocycles. The van der Waals surface area contributed by atoms with Crippen molar-refractivity contribution in [1.29, 1.82) is 0 Å². The van der Waals surface area contributed by atoms with Gasteiger partial charge in [0.1, 0.15) is 17.2 Å². The molecular weight excluding hydrogens is 334 g/mol. The van der Waals surface area contributed by atoms with Crippen LogP contribution < -0.4 is 14.2 Å². The molecule has 0 bridgehead atoms. The predicted molar refractivity (Wildman–Crippen MR) is 106 cm³/mol. The molecule has 25 heavy (non-hydrogen) atoms. The summed E-state index contributed by atoms with van der Waals surface area (Å²) in [5.41, 5.74) is 2.99. The zero-order chi connectivity index (χ0) is 18.8. The van der Waals surface area contributed by atoms with Gasteiger partial charge in [-0.1, -0.05) is 37.9 Å². The van der Waals surface area contributed by atoms with E-state index >= 15 is 0 Å². The number of rotatable bonds is 6. The zero-order valence-corrected chi connectivity index (χ0v) is 16.6. The molecule has 0 radical (unpaired) electrons. The average molecular weight is 362 g/mol. The molecule has 0 aliphatic heterocycles. The number of methoxy groups -OCH3 is 1. The maximum atomic E-state index is 11.7. The van der Waals surface area contributed by atoms with Crippen molar-refractivity contribution in [2.75, 3.05) is 13.4 Å². The molecule has 0 heterocycles. The summed E-state index contributed by atoms with van der Waals surface area (Å²) in [5.74, 6) is 2.37. The largest absolute Gasteiger partial charge is 0.497 e. The van der Waals surface area contributed by atoms with Crippen molar-refractivity contribution in [3.05, 3.63) is 53.1 Å². The Morgan fingerprint density at radius 2 is 1.56 bits per heavy atom. The van der Waals surface area contributed by atoms with Gasteiger partial charge in [-0.15, -0.1) is 0 Å². The van der Waals surface area contributed by atoms with E-state index in [1.165, 1.54) is 11.9 Å². The lowest BCUT2D eigenvalue weighted by Crippen LogP contribution is -2.17. The molecule has 0 aromatic heterocycles. The highest BCUT2D eigenvalue weighted by Gasteiger charge is 2.10. The van der Waals surface area contributed by atoms with Gasteiger partial charge in [0.05, 0.1) is 13.5 Å². The molecule has 5 heteroatoms. The van der Waals surface area contributed by atoms with E-state index in [0.29, 0.717) is 6.42 Å². The maximum Gasteiger partial charge on any atom is 0.234 e. The van der Waals surface area contributed by atoms with Crippen molar-refractivity contribution in [2.24, 2.45) is 0 Å². The van der Waals surface area contributed by atoms with Crippen LogP contribution in [0.2, 0.25) is 0 Å². The first-order valence-corrected chi connectivity index (χ1v) is 9.50.